The molecule has 1 aromatic heterocycles. The highest BCUT2D eigenvalue weighted by Crippen LogP contribution is 2.31. The smallest absolute Gasteiger partial charge is 0.387 e. The largest absolute Gasteiger partial charge is 0.461 e. The van der Waals surface area contributed by atoms with Crippen molar-refractivity contribution in [1.82, 2.24) is 14.8 Å². The van der Waals surface area contributed by atoms with Gasteiger partial charge in [-0.3, -0.25) is 4.79 Å². The fourth-order valence-electron chi connectivity index (χ4n) is 2.70. The van der Waals surface area contributed by atoms with E-state index in [1.165, 1.54) is 41.6 Å². The molecule has 0 saturated heterocycles. The molecule has 0 bridgehead atoms. The van der Waals surface area contributed by atoms with Gasteiger partial charge in [0, 0.05) is 0 Å². The third-order valence-corrected chi connectivity index (χ3v) is 4.31. The summed E-state index contributed by atoms with van der Waals surface area (Å²) in [5, 5.41) is 4.03. The third-order valence-electron chi connectivity index (χ3n) is 4.31. The summed E-state index contributed by atoms with van der Waals surface area (Å²) in [6, 6.07) is 14.9. The molecule has 1 heterocycles. The molecule has 146 valence electrons. The Morgan fingerprint density at radius 2 is 1.61 bits per heavy atom. The van der Waals surface area contributed by atoms with E-state index in [-0.39, 0.29) is 11.5 Å². The van der Waals surface area contributed by atoms with Crippen LogP contribution in [0, 0.1) is 0 Å². The maximum atomic E-state index is 13.3. The minimum Gasteiger partial charge on any atom is -0.461 e. The first-order chi connectivity index (χ1) is 13.4. The summed E-state index contributed by atoms with van der Waals surface area (Å²) in [5.41, 5.74) is -0.0363. The Balaban J connectivity index is 1.87. The lowest BCUT2D eigenvalue weighted by atomic mass is 9.80. The molecule has 6 nitrogen and oxygen atoms in total. The summed E-state index contributed by atoms with van der Waals surface area (Å²) in [6.07, 6.45) is 1.61. The number of Topliss-reactive ketones (excluding diaryl/α,β-unsaturated/α-hetero) is 1. The van der Waals surface area contributed by atoms with E-state index in [0.717, 1.165) is 5.56 Å². The van der Waals surface area contributed by atoms with E-state index >= 15 is 0 Å². The second-order valence-electron chi connectivity index (χ2n) is 6.55. The van der Waals surface area contributed by atoms with E-state index in [4.69, 9.17) is 4.74 Å². The Labute approximate surface area is 160 Å². The predicted octanol–water partition coefficient (Wildman–Crippen LogP) is 4.00. The van der Waals surface area contributed by atoms with E-state index in [1.807, 2.05) is 30.3 Å². The molecule has 0 amide bonds. The van der Waals surface area contributed by atoms with E-state index < -0.39 is 18.3 Å². The van der Waals surface area contributed by atoms with Gasteiger partial charge in [0.2, 0.25) is 5.78 Å². The van der Waals surface area contributed by atoms with Crippen LogP contribution >= 0.6 is 0 Å². The number of hydrogen-bond acceptors (Lipinski definition) is 5. The van der Waals surface area contributed by atoms with Crippen LogP contribution in [0.1, 0.15) is 25.6 Å². The van der Waals surface area contributed by atoms with E-state index in [0.29, 0.717) is 5.75 Å². The Kier molecular flexibility index (Phi) is 5.67. The van der Waals surface area contributed by atoms with E-state index in [1.54, 1.807) is 13.8 Å². The highest BCUT2D eigenvalue weighted by Gasteiger charge is 2.38. The van der Waals surface area contributed by atoms with Gasteiger partial charge in [0.05, 0.1) is 5.41 Å². The zero-order valence-corrected chi connectivity index (χ0v) is 15.3. The fourth-order valence-corrected chi connectivity index (χ4v) is 2.70. The van der Waals surface area contributed by atoms with Gasteiger partial charge in [0.15, 0.2) is 0 Å². The van der Waals surface area contributed by atoms with Gasteiger partial charge in [-0.05, 0) is 43.7 Å². The Morgan fingerprint density at radius 1 is 1.00 bits per heavy atom. The van der Waals surface area contributed by atoms with Crippen molar-refractivity contribution in [3.8, 4) is 11.5 Å². The van der Waals surface area contributed by atoms with Crippen LogP contribution in [-0.4, -0.2) is 27.2 Å². The van der Waals surface area contributed by atoms with Gasteiger partial charge >= 0.3 is 6.61 Å². The van der Waals surface area contributed by atoms with Gasteiger partial charge in [-0.25, -0.2) is 9.67 Å². The monoisotopic (exact) mass is 387 g/mol. The lowest BCUT2D eigenvalue weighted by Gasteiger charge is -2.29. The van der Waals surface area contributed by atoms with E-state index in [9.17, 15) is 13.6 Å². The number of alkyl halides is 2. The molecule has 0 fully saturated rings. The standard InChI is InChI=1S/C20H19F2N3O3/c1-20(2,14-6-4-3-5-7-14)17(26)18(25-13-23-12-24-25)27-15-8-10-16(11-9-15)28-19(21)22/h3-13,18-19H,1-2H3. The lowest BCUT2D eigenvalue weighted by Crippen LogP contribution is -2.39. The first-order valence-corrected chi connectivity index (χ1v) is 8.53. The summed E-state index contributed by atoms with van der Waals surface area (Å²) in [6.45, 7) is 0.692. The normalized spacial score (nSPS) is 12.6. The van der Waals surface area contributed by atoms with Crippen molar-refractivity contribution in [2.45, 2.75) is 32.1 Å². The van der Waals surface area contributed by atoms with Gasteiger partial charge in [0.25, 0.3) is 6.23 Å². The van der Waals surface area contributed by atoms with Crippen molar-refractivity contribution in [1.29, 1.82) is 0 Å². The molecule has 0 aliphatic rings. The van der Waals surface area contributed by atoms with Gasteiger partial charge in [0.1, 0.15) is 24.2 Å². The van der Waals surface area contributed by atoms with Crippen LogP contribution in [-0.2, 0) is 10.2 Å². The molecule has 28 heavy (non-hydrogen) atoms. The zero-order chi connectivity index (χ0) is 20.1. The topological polar surface area (TPSA) is 66.2 Å². The Bertz CT molecular complexity index is 898. The summed E-state index contributed by atoms with van der Waals surface area (Å²) in [5.74, 6) is 0.0621. The minimum absolute atomic E-state index is 0.00408. The van der Waals surface area contributed by atoms with Gasteiger partial charge in [-0.15, -0.1) is 0 Å². The Hall–Kier alpha value is -3.29. The van der Waals surface area contributed by atoms with Crippen LogP contribution in [0.15, 0.2) is 67.3 Å². The molecule has 1 atom stereocenters. The number of halogens is 2. The lowest BCUT2D eigenvalue weighted by molar-refractivity contribution is -0.135. The summed E-state index contributed by atoms with van der Waals surface area (Å²) in [7, 11) is 0. The minimum atomic E-state index is -2.91. The van der Waals surface area contributed by atoms with Crippen LogP contribution in [0.5, 0.6) is 11.5 Å². The van der Waals surface area contributed by atoms with Gasteiger partial charge in [-0.1, -0.05) is 30.3 Å². The number of nitrogens with zero attached hydrogens (tertiary/aromatic N) is 3. The number of hydrogen-bond donors (Lipinski definition) is 0. The van der Waals surface area contributed by atoms with Crippen LogP contribution in [0.25, 0.3) is 0 Å². The molecule has 0 N–H and O–H groups in total. The van der Waals surface area contributed by atoms with Gasteiger partial charge < -0.3 is 9.47 Å². The van der Waals surface area contributed by atoms with Crippen LogP contribution < -0.4 is 9.47 Å². The van der Waals surface area contributed by atoms with Crippen LogP contribution in [0.2, 0.25) is 0 Å². The molecule has 0 aliphatic carbocycles. The molecule has 3 rings (SSSR count). The number of aromatic nitrogens is 3. The van der Waals surface area contributed by atoms with Crippen molar-refractivity contribution >= 4 is 5.78 Å². The number of carbonyl (C=O) groups excluding carboxylic acids is 1. The molecule has 8 heteroatoms. The summed E-state index contributed by atoms with van der Waals surface area (Å²) in [4.78, 5) is 17.2. The highest BCUT2D eigenvalue weighted by atomic mass is 19.3. The zero-order valence-electron chi connectivity index (χ0n) is 15.3. The number of ketones is 1. The average Bonchev–Trinajstić information content (AvgIpc) is 3.21. The molecule has 2 aromatic carbocycles. The molecule has 0 radical (unpaired) electrons. The first kappa shape index (κ1) is 19.5. The number of carbonyl (C=O) groups is 1. The van der Waals surface area contributed by atoms with E-state index in [2.05, 4.69) is 14.8 Å². The maximum absolute atomic E-state index is 13.3. The Morgan fingerprint density at radius 3 is 2.14 bits per heavy atom. The maximum Gasteiger partial charge on any atom is 0.387 e. The van der Waals surface area contributed by atoms with Crippen molar-refractivity contribution in [2.24, 2.45) is 0 Å². The highest BCUT2D eigenvalue weighted by molar-refractivity contribution is 5.91. The number of ether oxygens (including phenoxy) is 2. The molecule has 1 unspecified atom stereocenters. The third kappa shape index (κ3) is 4.33. The number of rotatable bonds is 8. The summed E-state index contributed by atoms with van der Waals surface area (Å²) < 4.78 is 36.1. The number of benzene rings is 2. The molecular formula is C20H19F2N3O3. The van der Waals surface area contributed by atoms with Crippen molar-refractivity contribution in [3.63, 3.8) is 0 Å². The fraction of sp³-hybridized carbons (Fsp3) is 0.250. The molecule has 0 aliphatic heterocycles. The quantitative estimate of drug-likeness (QED) is 0.584. The summed E-state index contributed by atoms with van der Waals surface area (Å²) >= 11 is 0. The molecule has 0 saturated carbocycles. The molecular weight excluding hydrogens is 368 g/mol. The molecule has 3 aromatic rings. The van der Waals surface area contributed by atoms with Crippen molar-refractivity contribution in [2.75, 3.05) is 0 Å². The SMILES string of the molecule is CC(C)(C(=O)C(Oc1ccc(OC(F)F)cc1)n1cncn1)c1ccccc1. The average molecular weight is 387 g/mol. The van der Waals surface area contributed by atoms with Crippen molar-refractivity contribution < 1.29 is 23.0 Å². The molecule has 0 spiro atoms. The van der Waals surface area contributed by atoms with Crippen LogP contribution in [0.3, 0.4) is 0 Å². The second kappa shape index (κ2) is 8.16. The van der Waals surface area contributed by atoms with Crippen molar-refractivity contribution in [3.05, 3.63) is 72.8 Å². The first-order valence-electron chi connectivity index (χ1n) is 8.53. The van der Waals surface area contributed by atoms with Gasteiger partial charge in [-0.2, -0.15) is 13.9 Å². The van der Waals surface area contributed by atoms with Crippen LogP contribution in [0.4, 0.5) is 8.78 Å². The second-order valence-corrected chi connectivity index (χ2v) is 6.55. The predicted molar refractivity (Wildman–Crippen MR) is 97.2 cm³/mol.